The summed E-state index contributed by atoms with van der Waals surface area (Å²) in [6.45, 7) is 0. The van der Waals surface area contributed by atoms with E-state index in [1.54, 1.807) is 48.6 Å². The number of rotatable bonds is 6. The van der Waals surface area contributed by atoms with Gasteiger partial charge in [-0.05, 0) is 53.6 Å². The summed E-state index contributed by atoms with van der Waals surface area (Å²) in [5.74, 6) is -0.126. The van der Waals surface area contributed by atoms with Gasteiger partial charge in [0.2, 0.25) is 0 Å². The molecule has 0 amide bonds. The first kappa shape index (κ1) is 20.2. The third-order valence-corrected chi connectivity index (χ3v) is 4.97. The van der Waals surface area contributed by atoms with Crippen LogP contribution in [-0.4, -0.2) is 11.6 Å². The van der Waals surface area contributed by atoms with E-state index in [1.165, 1.54) is 0 Å². The van der Waals surface area contributed by atoms with Crippen molar-refractivity contribution in [2.75, 3.05) is 0 Å². The van der Waals surface area contributed by atoms with Gasteiger partial charge in [-0.3, -0.25) is 9.59 Å². The van der Waals surface area contributed by atoms with Crippen LogP contribution in [0.2, 0.25) is 0 Å². The first-order valence-corrected chi connectivity index (χ1v) is 10.2. The minimum absolute atomic E-state index is 0.0629. The topological polar surface area (TPSA) is 34.1 Å². The maximum Gasteiger partial charge on any atom is 0.185 e. The molecular formula is C24H16Br2O2. The molecule has 4 heteroatoms. The highest BCUT2D eigenvalue weighted by atomic mass is 79.9. The highest BCUT2D eigenvalue weighted by Gasteiger charge is 2.03. The molecule has 0 radical (unpaired) electrons. The molecule has 2 nitrogen and oxygen atoms in total. The van der Waals surface area contributed by atoms with Crippen LogP contribution < -0.4 is 0 Å². The van der Waals surface area contributed by atoms with E-state index < -0.39 is 0 Å². The lowest BCUT2D eigenvalue weighted by Gasteiger charge is -1.99. The Bertz CT molecular complexity index is 998. The Kier molecular flexibility index (Phi) is 6.90. The molecule has 0 N–H and O–H groups in total. The van der Waals surface area contributed by atoms with Gasteiger partial charge in [0.1, 0.15) is 0 Å². The zero-order valence-electron chi connectivity index (χ0n) is 14.8. The summed E-state index contributed by atoms with van der Waals surface area (Å²) in [5, 5.41) is 0. The van der Waals surface area contributed by atoms with E-state index in [-0.39, 0.29) is 11.6 Å². The summed E-state index contributed by atoms with van der Waals surface area (Å²) in [5.41, 5.74) is 3.03. The second kappa shape index (κ2) is 9.58. The van der Waals surface area contributed by atoms with Gasteiger partial charge < -0.3 is 0 Å². The lowest BCUT2D eigenvalue weighted by atomic mass is 10.1. The van der Waals surface area contributed by atoms with Crippen molar-refractivity contribution < 1.29 is 9.59 Å². The predicted octanol–water partition coefficient (Wildman–Crippen LogP) is 7.00. The quantitative estimate of drug-likeness (QED) is 0.272. The second-order valence-corrected chi connectivity index (χ2v) is 7.92. The van der Waals surface area contributed by atoms with Gasteiger partial charge in [0, 0.05) is 20.1 Å². The number of benzene rings is 3. The summed E-state index contributed by atoms with van der Waals surface area (Å²) >= 11 is 6.74. The lowest BCUT2D eigenvalue weighted by molar-refractivity contribution is 0.103. The molecule has 0 aliphatic carbocycles. The van der Waals surface area contributed by atoms with Gasteiger partial charge in [-0.2, -0.15) is 0 Å². The third-order valence-electron chi connectivity index (χ3n) is 3.98. The molecule has 28 heavy (non-hydrogen) atoms. The fourth-order valence-corrected chi connectivity index (χ4v) is 3.38. The number of carbonyl (C=O) groups excluding carboxylic acids is 2. The monoisotopic (exact) mass is 494 g/mol. The molecule has 0 bridgehead atoms. The molecule has 3 rings (SSSR count). The van der Waals surface area contributed by atoms with Crippen LogP contribution in [0.15, 0.2) is 93.9 Å². The molecule has 0 aliphatic heterocycles. The lowest BCUT2D eigenvalue weighted by Crippen LogP contribution is -1.94. The Balaban J connectivity index is 1.71. The van der Waals surface area contributed by atoms with Gasteiger partial charge in [0.25, 0.3) is 0 Å². The first-order valence-electron chi connectivity index (χ1n) is 8.57. The van der Waals surface area contributed by atoms with E-state index in [4.69, 9.17) is 0 Å². The van der Waals surface area contributed by atoms with Crippen LogP contribution in [0.25, 0.3) is 12.2 Å². The average Bonchev–Trinajstić information content (AvgIpc) is 2.70. The average molecular weight is 496 g/mol. The number of halogens is 2. The molecule has 138 valence electrons. The minimum atomic E-state index is -0.0629. The molecule has 0 saturated heterocycles. The molecule has 0 spiro atoms. The van der Waals surface area contributed by atoms with Crippen molar-refractivity contribution in [2.45, 2.75) is 0 Å². The zero-order chi connectivity index (χ0) is 19.9. The highest BCUT2D eigenvalue weighted by Crippen LogP contribution is 2.15. The molecular weight excluding hydrogens is 480 g/mol. The summed E-state index contributed by atoms with van der Waals surface area (Å²) in [6.07, 6.45) is 6.65. The van der Waals surface area contributed by atoms with Crippen molar-refractivity contribution in [3.05, 3.63) is 116 Å². The Morgan fingerprint density at radius 3 is 1.46 bits per heavy atom. The van der Waals surface area contributed by atoms with Crippen LogP contribution in [0.1, 0.15) is 31.8 Å². The van der Waals surface area contributed by atoms with E-state index in [0.717, 1.165) is 20.1 Å². The van der Waals surface area contributed by atoms with Gasteiger partial charge in [-0.15, -0.1) is 0 Å². The maximum absolute atomic E-state index is 12.3. The van der Waals surface area contributed by atoms with Crippen molar-refractivity contribution in [2.24, 2.45) is 0 Å². The molecule has 0 unspecified atom stereocenters. The predicted molar refractivity (Wildman–Crippen MR) is 121 cm³/mol. The normalized spacial score (nSPS) is 11.2. The summed E-state index contributed by atoms with van der Waals surface area (Å²) < 4.78 is 1.74. The first-order chi connectivity index (χ1) is 13.5. The van der Waals surface area contributed by atoms with Gasteiger partial charge >= 0.3 is 0 Å². The number of allylic oxidation sites excluding steroid dienone is 2. The van der Waals surface area contributed by atoms with Crippen LogP contribution in [0.5, 0.6) is 0 Å². The molecule has 3 aromatic rings. The number of ketones is 2. The molecule has 0 fully saturated rings. The van der Waals surface area contributed by atoms with Crippen molar-refractivity contribution in [1.29, 1.82) is 0 Å². The van der Waals surface area contributed by atoms with Crippen molar-refractivity contribution in [1.82, 2.24) is 0 Å². The minimum Gasteiger partial charge on any atom is -0.289 e. The Hall–Kier alpha value is -2.56. The van der Waals surface area contributed by atoms with Crippen molar-refractivity contribution in [3.8, 4) is 0 Å². The second-order valence-electron chi connectivity index (χ2n) is 6.09. The van der Waals surface area contributed by atoms with E-state index in [1.807, 2.05) is 48.5 Å². The van der Waals surface area contributed by atoms with E-state index in [2.05, 4.69) is 31.9 Å². The standard InChI is InChI=1S/C24H16Br2O2/c25-21-8-2-6-19(15-21)23(27)12-10-17-4-1-5-18(14-17)11-13-24(28)20-7-3-9-22(26)16-20/h1-16H. The fraction of sp³-hybridized carbons (Fsp3) is 0. The summed E-state index contributed by atoms with van der Waals surface area (Å²) in [7, 11) is 0. The largest absolute Gasteiger partial charge is 0.289 e. The number of hydrogen-bond acceptors (Lipinski definition) is 2. The molecule has 0 aromatic heterocycles. The molecule has 0 aliphatic rings. The van der Waals surface area contributed by atoms with E-state index >= 15 is 0 Å². The van der Waals surface area contributed by atoms with E-state index in [9.17, 15) is 9.59 Å². The zero-order valence-corrected chi connectivity index (χ0v) is 18.0. The molecule has 0 saturated carbocycles. The molecule has 0 heterocycles. The van der Waals surface area contributed by atoms with Crippen molar-refractivity contribution in [3.63, 3.8) is 0 Å². The van der Waals surface area contributed by atoms with Crippen LogP contribution >= 0.6 is 31.9 Å². The maximum atomic E-state index is 12.3. The van der Waals surface area contributed by atoms with Gasteiger partial charge in [-0.25, -0.2) is 0 Å². The van der Waals surface area contributed by atoms with Gasteiger partial charge in [-0.1, -0.05) is 86.5 Å². The van der Waals surface area contributed by atoms with Crippen LogP contribution in [0.3, 0.4) is 0 Å². The number of hydrogen-bond donors (Lipinski definition) is 0. The Morgan fingerprint density at radius 2 is 1.04 bits per heavy atom. The summed E-state index contributed by atoms with van der Waals surface area (Å²) in [6, 6.07) is 22.2. The van der Waals surface area contributed by atoms with Crippen LogP contribution in [-0.2, 0) is 0 Å². The van der Waals surface area contributed by atoms with Crippen LogP contribution in [0.4, 0.5) is 0 Å². The molecule has 0 atom stereocenters. The van der Waals surface area contributed by atoms with Gasteiger partial charge in [0.15, 0.2) is 11.6 Å². The third kappa shape index (κ3) is 5.72. The van der Waals surface area contributed by atoms with Gasteiger partial charge in [0.05, 0.1) is 0 Å². The molecule has 3 aromatic carbocycles. The Morgan fingerprint density at radius 1 is 0.607 bits per heavy atom. The van der Waals surface area contributed by atoms with Crippen LogP contribution in [0, 0.1) is 0 Å². The summed E-state index contributed by atoms with van der Waals surface area (Å²) in [4.78, 5) is 24.6. The van der Waals surface area contributed by atoms with Crippen molar-refractivity contribution >= 4 is 55.6 Å². The smallest absolute Gasteiger partial charge is 0.185 e. The SMILES string of the molecule is O=C(C=Cc1cccc(C=CC(=O)c2cccc(Br)c2)c1)c1cccc(Br)c1. The fourth-order valence-electron chi connectivity index (χ4n) is 2.59. The highest BCUT2D eigenvalue weighted by molar-refractivity contribution is 9.10. The Labute approximate surface area is 180 Å². The van der Waals surface area contributed by atoms with E-state index in [0.29, 0.717) is 11.1 Å². The number of carbonyl (C=O) groups is 2.